The van der Waals surface area contributed by atoms with Gasteiger partial charge < -0.3 is 4.90 Å². The van der Waals surface area contributed by atoms with Crippen molar-refractivity contribution in [2.24, 2.45) is 15.9 Å². The van der Waals surface area contributed by atoms with Gasteiger partial charge in [-0.2, -0.15) is 0 Å². The largest absolute Gasteiger partial charge is 0.352 e. The molecule has 0 amide bonds. The zero-order valence-corrected chi connectivity index (χ0v) is 10.8. The van der Waals surface area contributed by atoms with Crippen LogP contribution < -0.4 is 0 Å². The summed E-state index contributed by atoms with van der Waals surface area (Å²) in [5.74, 6) is 0.392. The fourth-order valence-electron chi connectivity index (χ4n) is 1.92. The van der Waals surface area contributed by atoms with Crippen LogP contribution in [-0.4, -0.2) is 29.2 Å². The highest BCUT2D eigenvalue weighted by atomic mass is 127. The Morgan fingerprint density at radius 3 is 2.86 bits per heavy atom. The Labute approximate surface area is 98.1 Å². The predicted molar refractivity (Wildman–Crippen MR) is 68.0 cm³/mol. The van der Waals surface area contributed by atoms with Crippen molar-refractivity contribution in [2.75, 3.05) is 0 Å². The number of aliphatic imine (C=N–C) groups is 2. The van der Waals surface area contributed by atoms with E-state index in [2.05, 4.69) is 64.4 Å². The number of hydrogen-bond donors (Lipinski definition) is 0. The van der Waals surface area contributed by atoms with Crippen LogP contribution in [0.4, 0.5) is 0 Å². The van der Waals surface area contributed by atoms with Gasteiger partial charge in [0.1, 0.15) is 12.5 Å². The van der Waals surface area contributed by atoms with Crippen molar-refractivity contribution in [3.8, 4) is 0 Å². The van der Waals surface area contributed by atoms with Crippen LogP contribution in [0.1, 0.15) is 20.8 Å². The topological polar surface area (TPSA) is 28.0 Å². The summed E-state index contributed by atoms with van der Waals surface area (Å²) in [5, 5.41) is 0. The zero-order chi connectivity index (χ0) is 10.3. The zero-order valence-electron chi connectivity index (χ0n) is 8.61. The molecule has 14 heavy (non-hydrogen) atoms. The van der Waals surface area contributed by atoms with E-state index in [0.717, 1.165) is 0 Å². The molecule has 0 radical (unpaired) electrons. The minimum absolute atomic E-state index is 0.249. The van der Waals surface area contributed by atoms with E-state index >= 15 is 0 Å². The SMILES string of the molecule is CC1=NC=NC2C1C(I)=CN2C(C)C. The summed E-state index contributed by atoms with van der Waals surface area (Å²) >= 11 is 2.39. The third-order valence-corrected chi connectivity index (χ3v) is 3.65. The van der Waals surface area contributed by atoms with Crippen LogP contribution in [0, 0.1) is 5.92 Å². The standard InChI is InChI=1S/C10H14IN3/c1-6(2)14-4-8(11)9-7(3)12-5-13-10(9)14/h4-6,9-10H,1-3H3. The molecule has 2 aliphatic rings. The van der Waals surface area contributed by atoms with Crippen molar-refractivity contribution in [3.63, 3.8) is 0 Å². The molecule has 0 aliphatic carbocycles. The first-order valence-corrected chi connectivity index (χ1v) is 5.89. The fourth-order valence-corrected chi connectivity index (χ4v) is 3.01. The molecule has 76 valence electrons. The molecule has 2 aliphatic heterocycles. The van der Waals surface area contributed by atoms with Gasteiger partial charge in [-0.1, -0.05) is 0 Å². The van der Waals surface area contributed by atoms with Crippen molar-refractivity contribution in [1.82, 2.24) is 4.90 Å². The van der Waals surface area contributed by atoms with Gasteiger partial charge in [-0.15, -0.1) is 0 Å². The van der Waals surface area contributed by atoms with E-state index in [1.807, 2.05) is 0 Å². The fraction of sp³-hybridized carbons (Fsp3) is 0.600. The number of fused-ring (bicyclic) bond motifs is 1. The van der Waals surface area contributed by atoms with Gasteiger partial charge in [0.15, 0.2) is 0 Å². The van der Waals surface area contributed by atoms with E-state index in [9.17, 15) is 0 Å². The van der Waals surface area contributed by atoms with Gasteiger partial charge in [-0.05, 0) is 43.4 Å². The minimum atomic E-state index is 0.249. The molecule has 0 aromatic carbocycles. The maximum Gasteiger partial charge on any atom is 0.135 e. The van der Waals surface area contributed by atoms with Crippen LogP contribution in [0.3, 0.4) is 0 Å². The average molecular weight is 303 g/mol. The van der Waals surface area contributed by atoms with E-state index in [4.69, 9.17) is 0 Å². The number of rotatable bonds is 1. The van der Waals surface area contributed by atoms with Gasteiger partial charge in [0.05, 0.1) is 5.92 Å². The molecule has 2 rings (SSSR count). The summed E-state index contributed by atoms with van der Waals surface area (Å²) in [6, 6.07) is 0.498. The lowest BCUT2D eigenvalue weighted by atomic mass is 10.0. The number of halogens is 1. The first-order chi connectivity index (χ1) is 6.61. The molecule has 0 saturated carbocycles. The highest BCUT2D eigenvalue weighted by molar-refractivity contribution is 14.1. The minimum Gasteiger partial charge on any atom is -0.352 e. The summed E-state index contributed by atoms with van der Waals surface area (Å²) in [6.07, 6.45) is 4.15. The molecular formula is C10H14IN3. The van der Waals surface area contributed by atoms with Gasteiger partial charge in [0, 0.05) is 21.5 Å². The number of nitrogens with zero attached hydrogens (tertiary/aromatic N) is 3. The second-order valence-electron chi connectivity index (χ2n) is 3.98. The second-order valence-corrected chi connectivity index (χ2v) is 5.23. The van der Waals surface area contributed by atoms with Gasteiger partial charge in [-0.25, -0.2) is 9.98 Å². The van der Waals surface area contributed by atoms with E-state index in [1.54, 1.807) is 6.34 Å². The average Bonchev–Trinajstić information content (AvgIpc) is 2.45. The van der Waals surface area contributed by atoms with E-state index in [0.29, 0.717) is 12.0 Å². The van der Waals surface area contributed by atoms with Crippen molar-refractivity contribution >= 4 is 34.6 Å². The maximum absolute atomic E-state index is 4.45. The Bertz CT molecular complexity index is 330. The van der Waals surface area contributed by atoms with Crippen molar-refractivity contribution in [2.45, 2.75) is 33.0 Å². The predicted octanol–water partition coefficient (Wildman–Crippen LogP) is 2.43. The highest BCUT2D eigenvalue weighted by Crippen LogP contribution is 2.36. The van der Waals surface area contributed by atoms with Gasteiger partial charge in [0.2, 0.25) is 0 Å². The second kappa shape index (κ2) is 3.64. The molecule has 2 unspecified atom stereocenters. The quantitative estimate of drug-likeness (QED) is 0.684. The number of hydrogen-bond acceptors (Lipinski definition) is 3. The molecule has 0 bridgehead atoms. The summed E-state index contributed by atoms with van der Waals surface area (Å²) in [6.45, 7) is 6.47. The van der Waals surface area contributed by atoms with E-state index < -0.39 is 0 Å². The Morgan fingerprint density at radius 1 is 1.50 bits per heavy atom. The first kappa shape index (κ1) is 10.1. The smallest absolute Gasteiger partial charge is 0.135 e. The monoisotopic (exact) mass is 303 g/mol. The summed E-state index contributed by atoms with van der Waals surface area (Å²) in [4.78, 5) is 11.0. The molecule has 0 fully saturated rings. The molecule has 2 heterocycles. The summed E-state index contributed by atoms with van der Waals surface area (Å²) < 4.78 is 1.35. The van der Waals surface area contributed by atoms with Crippen LogP contribution in [-0.2, 0) is 0 Å². The van der Waals surface area contributed by atoms with E-state index in [1.165, 1.54) is 9.29 Å². The molecule has 4 heteroatoms. The molecule has 0 N–H and O–H groups in total. The Morgan fingerprint density at radius 2 is 2.21 bits per heavy atom. The lowest BCUT2D eigenvalue weighted by molar-refractivity contribution is 0.238. The third-order valence-electron chi connectivity index (χ3n) is 2.70. The van der Waals surface area contributed by atoms with Gasteiger partial charge in [-0.3, -0.25) is 0 Å². The lowest BCUT2D eigenvalue weighted by Gasteiger charge is -2.30. The Balaban J connectivity index is 2.32. The van der Waals surface area contributed by atoms with E-state index in [-0.39, 0.29) is 6.17 Å². The van der Waals surface area contributed by atoms with Gasteiger partial charge in [0.25, 0.3) is 0 Å². The van der Waals surface area contributed by atoms with Crippen LogP contribution in [0.2, 0.25) is 0 Å². The normalized spacial score (nSPS) is 30.5. The van der Waals surface area contributed by atoms with Crippen molar-refractivity contribution < 1.29 is 0 Å². The molecule has 0 saturated heterocycles. The maximum atomic E-state index is 4.45. The molecule has 3 nitrogen and oxygen atoms in total. The van der Waals surface area contributed by atoms with Gasteiger partial charge >= 0.3 is 0 Å². The summed E-state index contributed by atoms with van der Waals surface area (Å²) in [5.41, 5.74) is 1.17. The summed E-state index contributed by atoms with van der Waals surface area (Å²) in [7, 11) is 0. The molecule has 0 aromatic rings. The third kappa shape index (κ3) is 1.49. The van der Waals surface area contributed by atoms with Crippen LogP contribution in [0.15, 0.2) is 19.8 Å². The Kier molecular flexibility index (Phi) is 2.64. The first-order valence-electron chi connectivity index (χ1n) is 4.82. The lowest BCUT2D eigenvalue weighted by Crippen LogP contribution is -2.39. The van der Waals surface area contributed by atoms with Crippen LogP contribution in [0.5, 0.6) is 0 Å². The Hall–Kier alpha value is -0.390. The molecule has 0 aromatic heterocycles. The van der Waals surface area contributed by atoms with Crippen molar-refractivity contribution in [1.29, 1.82) is 0 Å². The van der Waals surface area contributed by atoms with Crippen LogP contribution >= 0.6 is 22.6 Å². The molecule has 0 spiro atoms. The highest BCUT2D eigenvalue weighted by Gasteiger charge is 2.37. The molecular weight excluding hydrogens is 289 g/mol. The van der Waals surface area contributed by atoms with Crippen LogP contribution in [0.25, 0.3) is 0 Å². The van der Waals surface area contributed by atoms with Crippen molar-refractivity contribution in [3.05, 3.63) is 9.78 Å². The molecule has 2 atom stereocenters.